The molecule has 0 spiro atoms. The summed E-state index contributed by atoms with van der Waals surface area (Å²) in [4.78, 5) is 23.3. The lowest BCUT2D eigenvalue weighted by atomic mass is 10.1. The maximum absolute atomic E-state index is 12.0. The molecular formula is C19H21NO3S. The van der Waals surface area contributed by atoms with Crippen molar-refractivity contribution in [2.45, 2.75) is 19.6 Å². The zero-order valence-corrected chi connectivity index (χ0v) is 14.9. The first kappa shape index (κ1) is 18.1. The number of amides is 1. The first-order valence-corrected chi connectivity index (χ1v) is 8.76. The molecule has 0 aliphatic heterocycles. The van der Waals surface area contributed by atoms with Crippen LogP contribution in [0.4, 0.5) is 5.69 Å². The lowest BCUT2D eigenvalue weighted by molar-refractivity contribution is -0.113. The molecule has 0 radical (unpaired) electrons. The third kappa shape index (κ3) is 5.42. The first-order valence-electron chi connectivity index (χ1n) is 7.61. The van der Waals surface area contributed by atoms with E-state index in [4.69, 9.17) is 0 Å². The average molecular weight is 343 g/mol. The van der Waals surface area contributed by atoms with Gasteiger partial charge in [0.25, 0.3) is 0 Å². The van der Waals surface area contributed by atoms with Gasteiger partial charge >= 0.3 is 5.97 Å². The van der Waals surface area contributed by atoms with Gasteiger partial charge in [0.2, 0.25) is 5.91 Å². The van der Waals surface area contributed by atoms with Crippen molar-refractivity contribution in [2.75, 3.05) is 18.2 Å². The molecule has 2 rings (SSSR count). The molecule has 0 bridgehead atoms. The highest BCUT2D eigenvalue weighted by atomic mass is 32.2. The SMILES string of the molecule is COC(=O)c1ccc(NC(=O)CSCc2cc(C)cc(C)c2)cc1. The Kier molecular flexibility index (Phi) is 6.44. The van der Waals surface area contributed by atoms with Gasteiger partial charge < -0.3 is 10.1 Å². The van der Waals surface area contributed by atoms with Crippen LogP contribution in [0.1, 0.15) is 27.0 Å². The van der Waals surface area contributed by atoms with Crippen LogP contribution < -0.4 is 5.32 Å². The molecule has 0 fully saturated rings. The summed E-state index contributed by atoms with van der Waals surface area (Å²) in [6, 6.07) is 13.1. The van der Waals surface area contributed by atoms with Gasteiger partial charge in [-0.1, -0.05) is 29.3 Å². The summed E-state index contributed by atoms with van der Waals surface area (Å²) in [5.41, 5.74) is 4.83. The first-order chi connectivity index (χ1) is 11.5. The number of benzene rings is 2. The van der Waals surface area contributed by atoms with Gasteiger partial charge in [-0.3, -0.25) is 4.79 Å². The van der Waals surface area contributed by atoms with E-state index < -0.39 is 5.97 Å². The Morgan fingerprint density at radius 2 is 1.67 bits per heavy atom. The van der Waals surface area contributed by atoms with Crippen LogP contribution in [-0.2, 0) is 15.3 Å². The highest BCUT2D eigenvalue weighted by molar-refractivity contribution is 7.99. The van der Waals surface area contributed by atoms with Crippen LogP contribution in [0.5, 0.6) is 0 Å². The summed E-state index contributed by atoms with van der Waals surface area (Å²) in [5.74, 6) is 0.732. The number of hydrogen-bond acceptors (Lipinski definition) is 4. The van der Waals surface area contributed by atoms with E-state index in [0.29, 0.717) is 17.0 Å². The van der Waals surface area contributed by atoms with Crippen LogP contribution in [-0.4, -0.2) is 24.7 Å². The van der Waals surface area contributed by atoms with Crippen molar-refractivity contribution >= 4 is 29.3 Å². The second-order valence-corrected chi connectivity index (χ2v) is 6.59. The van der Waals surface area contributed by atoms with Gasteiger partial charge in [-0.2, -0.15) is 0 Å². The molecule has 0 aliphatic carbocycles. The number of nitrogens with one attached hydrogen (secondary N) is 1. The summed E-state index contributed by atoms with van der Waals surface area (Å²) in [7, 11) is 1.34. The van der Waals surface area contributed by atoms with Crippen molar-refractivity contribution in [2.24, 2.45) is 0 Å². The molecule has 2 aromatic rings. The van der Waals surface area contributed by atoms with Crippen molar-refractivity contribution in [1.82, 2.24) is 0 Å². The minimum atomic E-state index is -0.392. The average Bonchev–Trinajstić information content (AvgIpc) is 2.54. The molecule has 0 saturated heterocycles. The molecule has 1 amide bonds. The van der Waals surface area contributed by atoms with Crippen LogP contribution in [0.3, 0.4) is 0 Å². The number of carbonyl (C=O) groups excluding carboxylic acids is 2. The van der Waals surface area contributed by atoms with Crippen molar-refractivity contribution < 1.29 is 14.3 Å². The van der Waals surface area contributed by atoms with Crippen molar-refractivity contribution in [3.8, 4) is 0 Å². The summed E-state index contributed by atoms with van der Waals surface area (Å²) < 4.78 is 4.64. The Labute approximate surface area is 146 Å². The number of anilines is 1. The number of hydrogen-bond donors (Lipinski definition) is 1. The molecule has 0 unspecified atom stereocenters. The van der Waals surface area contributed by atoms with Crippen LogP contribution >= 0.6 is 11.8 Å². The number of esters is 1. The fourth-order valence-electron chi connectivity index (χ4n) is 2.42. The van der Waals surface area contributed by atoms with Crippen molar-refractivity contribution in [3.63, 3.8) is 0 Å². The zero-order valence-electron chi connectivity index (χ0n) is 14.1. The summed E-state index contributed by atoms with van der Waals surface area (Å²) in [5, 5.41) is 2.82. The minimum absolute atomic E-state index is 0.0600. The Balaban J connectivity index is 1.81. The minimum Gasteiger partial charge on any atom is -0.465 e. The third-order valence-electron chi connectivity index (χ3n) is 3.37. The second-order valence-electron chi connectivity index (χ2n) is 5.61. The van der Waals surface area contributed by atoms with Gasteiger partial charge in [0.1, 0.15) is 0 Å². The number of carbonyl (C=O) groups is 2. The summed E-state index contributed by atoms with van der Waals surface area (Å²) >= 11 is 1.58. The van der Waals surface area contributed by atoms with E-state index in [1.807, 2.05) is 0 Å². The van der Waals surface area contributed by atoms with Crippen molar-refractivity contribution in [3.05, 3.63) is 64.7 Å². The molecular weight excluding hydrogens is 322 g/mol. The van der Waals surface area contributed by atoms with E-state index in [1.54, 1.807) is 36.0 Å². The van der Waals surface area contributed by atoms with E-state index in [1.165, 1.54) is 23.8 Å². The molecule has 0 aromatic heterocycles. The van der Waals surface area contributed by atoms with Gasteiger partial charge in [0, 0.05) is 11.4 Å². The number of thioether (sulfide) groups is 1. The van der Waals surface area contributed by atoms with E-state index in [2.05, 4.69) is 42.1 Å². The van der Waals surface area contributed by atoms with E-state index in [-0.39, 0.29) is 5.91 Å². The molecule has 1 N–H and O–H groups in total. The van der Waals surface area contributed by atoms with Gasteiger partial charge in [-0.25, -0.2) is 4.79 Å². The largest absolute Gasteiger partial charge is 0.465 e. The van der Waals surface area contributed by atoms with Crippen LogP contribution in [0.15, 0.2) is 42.5 Å². The van der Waals surface area contributed by atoms with E-state index >= 15 is 0 Å². The number of methoxy groups -OCH3 is 1. The smallest absolute Gasteiger partial charge is 0.337 e. The van der Waals surface area contributed by atoms with Crippen LogP contribution in [0.25, 0.3) is 0 Å². The maximum Gasteiger partial charge on any atom is 0.337 e. The normalized spacial score (nSPS) is 10.3. The van der Waals surface area contributed by atoms with E-state index in [0.717, 1.165) is 5.75 Å². The van der Waals surface area contributed by atoms with Gasteiger partial charge in [-0.05, 0) is 43.7 Å². The maximum atomic E-state index is 12.0. The zero-order chi connectivity index (χ0) is 17.5. The Hall–Kier alpha value is -2.27. The molecule has 0 heterocycles. The summed E-state index contributed by atoms with van der Waals surface area (Å²) in [6.07, 6.45) is 0. The monoisotopic (exact) mass is 343 g/mol. The molecule has 24 heavy (non-hydrogen) atoms. The molecule has 126 valence electrons. The molecule has 4 nitrogen and oxygen atoms in total. The quantitative estimate of drug-likeness (QED) is 0.807. The Morgan fingerprint density at radius 3 is 2.25 bits per heavy atom. The van der Waals surface area contributed by atoms with Gasteiger partial charge in [0.15, 0.2) is 0 Å². The van der Waals surface area contributed by atoms with Gasteiger partial charge in [-0.15, -0.1) is 11.8 Å². The third-order valence-corrected chi connectivity index (χ3v) is 4.38. The standard InChI is InChI=1S/C19H21NO3S/c1-13-8-14(2)10-15(9-13)11-24-12-18(21)20-17-6-4-16(5-7-17)19(22)23-3/h4-10H,11-12H2,1-3H3,(H,20,21). The molecule has 5 heteroatoms. The lowest BCUT2D eigenvalue weighted by Crippen LogP contribution is -2.14. The number of rotatable bonds is 6. The predicted molar refractivity (Wildman–Crippen MR) is 98.5 cm³/mol. The molecule has 0 atom stereocenters. The highest BCUT2D eigenvalue weighted by Gasteiger charge is 2.07. The number of ether oxygens (including phenoxy) is 1. The Bertz CT molecular complexity index is 706. The topological polar surface area (TPSA) is 55.4 Å². The highest BCUT2D eigenvalue weighted by Crippen LogP contribution is 2.17. The summed E-state index contributed by atoms with van der Waals surface area (Å²) in [6.45, 7) is 4.15. The predicted octanol–water partition coefficient (Wildman–Crippen LogP) is 3.96. The fraction of sp³-hybridized carbons (Fsp3) is 0.263. The van der Waals surface area contributed by atoms with Gasteiger partial charge in [0.05, 0.1) is 18.4 Å². The lowest BCUT2D eigenvalue weighted by Gasteiger charge is -2.07. The second kappa shape index (κ2) is 8.55. The van der Waals surface area contributed by atoms with Crippen LogP contribution in [0.2, 0.25) is 0 Å². The van der Waals surface area contributed by atoms with E-state index in [9.17, 15) is 9.59 Å². The van der Waals surface area contributed by atoms with Crippen LogP contribution in [0, 0.1) is 13.8 Å². The molecule has 0 saturated carbocycles. The van der Waals surface area contributed by atoms with Crippen molar-refractivity contribution in [1.29, 1.82) is 0 Å². The molecule has 2 aromatic carbocycles. The molecule has 0 aliphatic rings. The fourth-order valence-corrected chi connectivity index (χ4v) is 3.18. The Morgan fingerprint density at radius 1 is 1.04 bits per heavy atom. The number of aryl methyl sites for hydroxylation is 2.